The number of rotatable bonds is 6. The van der Waals surface area contributed by atoms with Gasteiger partial charge in [-0.3, -0.25) is 5.10 Å². The molecule has 4 aromatic rings. The molecule has 0 spiro atoms. The van der Waals surface area contributed by atoms with Crippen LogP contribution in [0, 0.1) is 6.92 Å². The van der Waals surface area contributed by atoms with Crippen LogP contribution in [-0.2, 0) is 4.79 Å². The maximum absolute atomic E-state index is 10.9. The molecule has 0 aliphatic rings. The summed E-state index contributed by atoms with van der Waals surface area (Å²) < 4.78 is 0. The Kier molecular flexibility index (Phi) is 6.24. The maximum atomic E-state index is 10.9. The summed E-state index contributed by atoms with van der Waals surface area (Å²) in [6.45, 7) is 4.21. The molecule has 0 saturated heterocycles. The standard InChI is InChI=1S/C27H23ClN2O2/c1-3-22(26-17(2)5-4-6-23(26)28)27(20-12-13-24-21(15-20)16-29-30-24)19-10-7-18(8-11-19)9-14-25(31)32/h4-16H,3H2,1-2H3,(H,29,30)(H,31,32). The molecular formula is C27H23ClN2O2. The van der Waals surface area contributed by atoms with E-state index in [0.29, 0.717) is 0 Å². The average molecular weight is 443 g/mol. The summed E-state index contributed by atoms with van der Waals surface area (Å²) in [5, 5.41) is 17.8. The van der Waals surface area contributed by atoms with E-state index in [1.165, 1.54) is 0 Å². The Bertz CT molecular complexity index is 1330. The van der Waals surface area contributed by atoms with Gasteiger partial charge in [-0.05, 0) is 76.6 Å². The molecule has 0 fully saturated rings. The summed E-state index contributed by atoms with van der Waals surface area (Å²) in [5.41, 5.74) is 8.35. The van der Waals surface area contributed by atoms with Crippen molar-refractivity contribution in [2.24, 2.45) is 0 Å². The Labute approximate surface area is 191 Å². The third-order valence-corrected chi connectivity index (χ3v) is 5.84. The summed E-state index contributed by atoms with van der Waals surface area (Å²) >= 11 is 6.68. The quantitative estimate of drug-likeness (QED) is 0.250. The van der Waals surface area contributed by atoms with Crippen molar-refractivity contribution in [3.8, 4) is 0 Å². The van der Waals surface area contributed by atoms with Gasteiger partial charge < -0.3 is 5.11 Å². The third kappa shape index (κ3) is 4.36. The lowest BCUT2D eigenvalue weighted by Gasteiger charge is -2.19. The van der Waals surface area contributed by atoms with Crippen molar-refractivity contribution < 1.29 is 9.90 Å². The fourth-order valence-electron chi connectivity index (χ4n) is 4.03. The van der Waals surface area contributed by atoms with Crippen LogP contribution in [0.25, 0.3) is 28.1 Å². The molecule has 0 bridgehead atoms. The van der Waals surface area contributed by atoms with Gasteiger partial charge in [-0.1, -0.05) is 61.0 Å². The van der Waals surface area contributed by atoms with Gasteiger partial charge in [0.1, 0.15) is 0 Å². The first-order valence-electron chi connectivity index (χ1n) is 10.4. The third-order valence-electron chi connectivity index (χ3n) is 5.53. The van der Waals surface area contributed by atoms with Crippen LogP contribution >= 0.6 is 11.6 Å². The molecule has 0 radical (unpaired) electrons. The highest BCUT2D eigenvalue weighted by Gasteiger charge is 2.17. The number of hydrogen-bond acceptors (Lipinski definition) is 2. The monoisotopic (exact) mass is 442 g/mol. The molecule has 2 N–H and O–H groups in total. The van der Waals surface area contributed by atoms with E-state index in [1.807, 2.05) is 48.7 Å². The molecular weight excluding hydrogens is 420 g/mol. The van der Waals surface area contributed by atoms with Crippen LogP contribution in [0.3, 0.4) is 0 Å². The number of aliphatic carboxylic acids is 1. The number of nitrogens with one attached hydrogen (secondary N) is 1. The number of aryl methyl sites for hydroxylation is 1. The second-order valence-corrected chi connectivity index (χ2v) is 8.01. The first kappa shape index (κ1) is 21.6. The lowest BCUT2D eigenvalue weighted by atomic mass is 9.86. The topological polar surface area (TPSA) is 66.0 Å². The van der Waals surface area contributed by atoms with E-state index in [4.69, 9.17) is 16.7 Å². The summed E-state index contributed by atoms with van der Waals surface area (Å²) in [4.78, 5) is 10.9. The van der Waals surface area contributed by atoms with Gasteiger partial charge in [0, 0.05) is 16.5 Å². The zero-order valence-corrected chi connectivity index (χ0v) is 18.6. The number of nitrogens with zero attached hydrogens (tertiary/aromatic N) is 1. The van der Waals surface area contributed by atoms with Crippen molar-refractivity contribution >= 4 is 45.7 Å². The first-order chi connectivity index (χ1) is 15.5. The van der Waals surface area contributed by atoms with Crippen LogP contribution in [0.2, 0.25) is 5.02 Å². The number of fused-ring (bicyclic) bond motifs is 1. The predicted octanol–water partition coefficient (Wildman–Crippen LogP) is 6.99. The van der Waals surface area contributed by atoms with Gasteiger partial charge in [-0.15, -0.1) is 0 Å². The Hall–Kier alpha value is -3.63. The SMILES string of the molecule is CCC(=C(c1ccc(C=CC(=O)O)cc1)c1ccc2[nH]ncc2c1)c1c(C)cccc1Cl. The molecule has 160 valence electrons. The number of carboxylic acid groups (broad SMARTS) is 1. The number of aromatic amines is 1. The highest BCUT2D eigenvalue weighted by Crippen LogP contribution is 2.39. The summed E-state index contributed by atoms with van der Waals surface area (Å²) in [7, 11) is 0. The van der Waals surface area contributed by atoms with Crippen molar-refractivity contribution in [3.63, 3.8) is 0 Å². The number of H-pyrrole nitrogens is 1. The van der Waals surface area contributed by atoms with Gasteiger partial charge in [0.2, 0.25) is 0 Å². The number of hydrogen-bond donors (Lipinski definition) is 2. The molecule has 1 aromatic heterocycles. The average Bonchev–Trinajstić information content (AvgIpc) is 3.25. The largest absolute Gasteiger partial charge is 0.478 e. The number of aromatic nitrogens is 2. The molecule has 5 heteroatoms. The minimum atomic E-state index is -0.967. The number of halogens is 1. The summed E-state index contributed by atoms with van der Waals surface area (Å²) in [6.07, 6.45) is 5.35. The Morgan fingerprint density at radius 3 is 2.53 bits per heavy atom. The number of carbonyl (C=O) groups is 1. The van der Waals surface area contributed by atoms with Crippen molar-refractivity contribution in [1.29, 1.82) is 0 Å². The molecule has 32 heavy (non-hydrogen) atoms. The van der Waals surface area contributed by atoms with Crippen LogP contribution in [0.1, 0.15) is 41.2 Å². The van der Waals surface area contributed by atoms with Gasteiger partial charge in [-0.25, -0.2) is 4.79 Å². The highest BCUT2D eigenvalue weighted by atomic mass is 35.5. The molecule has 0 unspecified atom stereocenters. The van der Waals surface area contributed by atoms with E-state index in [9.17, 15) is 4.79 Å². The number of benzene rings is 3. The first-order valence-corrected chi connectivity index (χ1v) is 10.8. The highest BCUT2D eigenvalue weighted by molar-refractivity contribution is 6.33. The van der Waals surface area contributed by atoms with Gasteiger partial charge in [0.05, 0.1) is 11.7 Å². The molecule has 4 rings (SSSR count). The fourth-order valence-corrected chi connectivity index (χ4v) is 4.37. The van der Waals surface area contributed by atoms with E-state index in [1.54, 1.807) is 6.08 Å². The predicted molar refractivity (Wildman–Crippen MR) is 132 cm³/mol. The minimum Gasteiger partial charge on any atom is -0.478 e. The molecule has 0 amide bonds. The molecule has 0 atom stereocenters. The zero-order chi connectivity index (χ0) is 22.7. The molecule has 3 aromatic carbocycles. The summed E-state index contributed by atoms with van der Waals surface area (Å²) in [5.74, 6) is -0.967. The molecule has 0 aliphatic heterocycles. The van der Waals surface area contributed by atoms with Gasteiger partial charge >= 0.3 is 5.97 Å². The van der Waals surface area contributed by atoms with Crippen LogP contribution in [0.15, 0.2) is 72.9 Å². The van der Waals surface area contributed by atoms with Crippen LogP contribution in [0.4, 0.5) is 0 Å². The maximum Gasteiger partial charge on any atom is 0.328 e. The van der Waals surface area contributed by atoms with E-state index in [2.05, 4.69) is 42.2 Å². The van der Waals surface area contributed by atoms with E-state index in [-0.39, 0.29) is 0 Å². The smallest absolute Gasteiger partial charge is 0.328 e. The van der Waals surface area contributed by atoms with Crippen LogP contribution in [-0.4, -0.2) is 21.3 Å². The minimum absolute atomic E-state index is 0.727. The normalized spacial score (nSPS) is 12.3. The zero-order valence-electron chi connectivity index (χ0n) is 17.9. The second-order valence-electron chi connectivity index (χ2n) is 7.60. The van der Waals surface area contributed by atoms with E-state index < -0.39 is 5.97 Å². The van der Waals surface area contributed by atoms with Crippen molar-refractivity contribution in [2.75, 3.05) is 0 Å². The lowest BCUT2D eigenvalue weighted by Crippen LogP contribution is -1.98. The molecule has 1 heterocycles. The molecule has 0 aliphatic carbocycles. The number of allylic oxidation sites excluding steroid dienone is 1. The molecule has 4 nitrogen and oxygen atoms in total. The number of carboxylic acids is 1. The fraction of sp³-hybridized carbons (Fsp3) is 0.111. The Morgan fingerprint density at radius 2 is 1.84 bits per heavy atom. The molecule has 0 saturated carbocycles. The van der Waals surface area contributed by atoms with Gasteiger partial charge in [0.15, 0.2) is 0 Å². The van der Waals surface area contributed by atoms with Crippen molar-refractivity contribution in [2.45, 2.75) is 20.3 Å². The van der Waals surface area contributed by atoms with Gasteiger partial charge in [0.25, 0.3) is 0 Å². The Balaban J connectivity index is 1.96. The summed E-state index contributed by atoms with van der Waals surface area (Å²) in [6, 6.07) is 20.1. The lowest BCUT2D eigenvalue weighted by molar-refractivity contribution is -0.131. The van der Waals surface area contributed by atoms with Crippen molar-refractivity contribution in [1.82, 2.24) is 10.2 Å². The Morgan fingerprint density at radius 1 is 1.09 bits per heavy atom. The van der Waals surface area contributed by atoms with E-state index >= 15 is 0 Å². The van der Waals surface area contributed by atoms with Crippen LogP contribution in [0.5, 0.6) is 0 Å². The van der Waals surface area contributed by atoms with E-state index in [0.717, 1.165) is 67.4 Å². The van der Waals surface area contributed by atoms with Crippen LogP contribution < -0.4 is 0 Å². The second kappa shape index (κ2) is 9.25. The van der Waals surface area contributed by atoms with Gasteiger partial charge in [-0.2, -0.15) is 5.10 Å². The van der Waals surface area contributed by atoms with Crippen molar-refractivity contribution in [3.05, 3.63) is 106 Å².